The molecule has 0 radical (unpaired) electrons. The molecule has 3 aromatic rings. The molecular weight excluding hydrogens is 456 g/mol. The summed E-state index contributed by atoms with van der Waals surface area (Å²) in [7, 11) is 0. The SMILES string of the molecule is O=C(CCCn1c(SCC(=O)N2CCCC2)nc2ccsc2c1=O)NCCc1ccccc1. The molecule has 33 heavy (non-hydrogen) atoms. The van der Waals surface area contributed by atoms with Crippen LogP contribution in [0.1, 0.15) is 31.2 Å². The fourth-order valence-electron chi connectivity index (χ4n) is 3.89. The van der Waals surface area contributed by atoms with E-state index in [0.717, 1.165) is 32.4 Å². The first kappa shape index (κ1) is 23.5. The maximum absolute atomic E-state index is 13.0. The number of fused-ring (bicyclic) bond motifs is 1. The van der Waals surface area contributed by atoms with E-state index in [-0.39, 0.29) is 23.1 Å². The van der Waals surface area contributed by atoms with Gasteiger partial charge < -0.3 is 10.2 Å². The van der Waals surface area contributed by atoms with Gasteiger partial charge in [0.1, 0.15) is 4.70 Å². The molecule has 1 fully saturated rings. The van der Waals surface area contributed by atoms with Crippen LogP contribution in [-0.4, -0.2) is 51.7 Å². The minimum atomic E-state index is -0.101. The minimum absolute atomic E-state index is 0.0254. The van der Waals surface area contributed by atoms with E-state index in [9.17, 15) is 14.4 Å². The summed E-state index contributed by atoms with van der Waals surface area (Å²) in [4.78, 5) is 44.3. The Morgan fingerprint density at radius 3 is 2.70 bits per heavy atom. The van der Waals surface area contributed by atoms with E-state index >= 15 is 0 Å². The van der Waals surface area contributed by atoms with Gasteiger partial charge in [-0.25, -0.2) is 4.98 Å². The molecule has 0 spiro atoms. The van der Waals surface area contributed by atoms with Crippen molar-refractivity contribution in [2.45, 2.75) is 43.8 Å². The van der Waals surface area contributed by atoms with Crippen molar-refractivity contribution in [2.75, 3.05) is 25.4 Å². The van der Waals surface area contributed by atoms with E-state index in [1.54, 1.807) is 4.57 Å². The topological polar surface area (TPSA) is 84.3 Å². The number of carbonyl (C=O) groups excluding carboxylic acids is 2. The average molecular weight is 485 g/mol. The van der Waals surface area contributed by atoms with Crippen LogP contribution in [0.3, 0.4) is 0 Å². The quantitative estimate of drug-likeness (QED) is 0.353. The smallest absolute Gasteiger partial charge is 0.272 e. The molecule has 0 atom stereocenters. The van der Waals surface area contributed by atoms with Gasteiger partial charge in [0, 0.05) is 32.6 Å². The van der Waals surface area contributed by atoms with Crippen molar-refractivity contribution in [2.24, 2.45) is 0 Å². The Balaban J connectivity index is 1.34. The number of benzene rings is 1. The second-order valence-corrected chi connectivity index (χ2v) is 9.91. The van der Waals surface area contributed by atoms with Crippen molar-refractivity contribution in [3.8, 4) is 0 Å². The van der Waals surface area contributed by atoms with E-state index in [4.69, 9.17) is 0 Å². The summed E-state index contributed by atoms with van der Waals surface area (Å²) in [6.07, 6.45) is 3.75. The third-order valence-corrected chi connectivity index (χ3v) is 7.53. The van der Waals surface area contributed by atoms with Crippen molar-refractivity contribution in [3.05, 3.63) is 57.7 Å². The molecule has 1 aliphatic rings. The van der Waals surface area contributed by atoms with E-state index in [2.05, 4.69) is 10.3 Å². The zero-order chi connectivity index (χ0) is 23.0. The molecule has 0 aliphatic carbocycles. The Hall–Kier alpha value is -2.65. The van der Waals surface area contributed by atoms with E-state index in [1.807, 2.05) is 46.7 Å². The highest BCUT2D eigenvalue weighted by atomic mass is 32.2. The molecule has 0 bridgehead atoms. The number of nitrogens with one attached hydrogen (secondary N) is 1. The predicted octanol–water partition coefficient (Wildman–Crippen LogP) is 3.31. The van der Waals surface area contributed by atoms with Crippen molar-refractivity contribution >= 4 is 45.1 Å². The Morgan fingerprint density at radius 2 is 1.91 bits per heavy atom. The van der Waals surface area contributed by atoms with Crippen molar-refractivity contribution in [1.82, 2.24) is 19.8 Å². The van der Waals surface area contributed by atoms with Crippen LogP contribution in [0.2, 0.25) is 0 Å². The fourth-order valence-corrected chi connectivity index (χ4v) is 5.60. The zero-order valence-electron chi connectivity index (χ0n) is 18.5. The number of likely N-dealkylation sites (tertiary alicyclic amines) is 1. The number of carbonyl (C=O) groups is 2. The molecule has 9 heteroatoms. The third-order valence-electron chi connectivity index (χ3n) is 5.68. The van der Waals surface area contributed by atoms with Crippen molar-refractivity contribution in [3.63, 3.8) is 0 Å². The van der Waals surface area contributed by atoms with Gasteiger partial charge in [-0.1, -0.05) is 42.1 Å². The number of amides is 2. The van der Waals surface area contributed by atoms with Gasteiger partial charge in [-0.15, -0.1) is 11.3 Å². The highest BCUT2D eigenvalue weighted by Crippen LogP contribution is 2.22. The van der Waals surface area contributed by atoms with Gasteiger partial charge in [0.25, 0.3) is 5.56 Å². The summed E-state index contributed by atoms with van der Waals surface area (Å²) in [6.45, 7) is 2.60. The molecule has 174 valence electrons. The molecular formula is C24H28N4O3S2. The number of hydrogen-bond donors (Lipinski definition) is 1. The molecule has 1 aromatic carbocycles. The first-order chi connectivity index (χ1) is 16.1. The summed E-state index contributed by atoms with van der Waals surface area (Å²) in [5.74, 6) is 0.325. The number of thioether (sulfide) groups is 1. The standard InChI is InChI=1S/C24H28N4O3S2/c29-20(25-12-10-18-7-2-1-3-8-18)9-6-15-28-23(31)22-19(11-16-32-22)26-24(28)33-17-21(30)27-13-4-5-14-27/h1-3,7-8,11,16H,4-6,9-10,12-15,17H2,(H,25,29). The zero-order valence-corrected chi connectivity index (χ0v) is 20.1. The monoisotopic (exact) mass is 484 g/mol. The van der Waals surface area contributed by atoms with Gasteiger partial charge in [-0.3, -0.25) is 19.0 Å². The molecule has 0 saturated carbocycles. The number of nitrogens with zero attached hydrogens (tertiary/aromatic N) is 3. The van der Waals surface area contributed by atoms with Gasteiger partial charge in [0.2, 0.25) is 11.8 Å². The normalized spacial score (nSPS) is 13.5. The van der Waals surface area contributed by atoms with Crippen molar-refractivity contribution < 1.29 is 9.59 Å². The van der Waals surface area contributed by atoms with Gasteiger partial charge in [-0.05, 0) is 42.7 Å². The average Bonchev–Trinajstić information content (AvgIpc) is 3.52. The van der Waals surface area contributed by atoms with Crippen LogP contribution in [-0.2, 0) is 22.6 Å². The molecule has 7 nitrogen and oxygen atoms in total. The van der Waals surface area contributed by atoms with E-state index in [1.165, 1.54) is 28.7 Å². The fraction of sp³-hybridized carbons (Fsp3) is 0.417. The van der Waals surface area contributed by atoms with Gasteiger partial charge in [0.05, 0.1) is 11.3 Å². The molecule has 3 heterocycles. The third kappa shape index (κ3) is 6.23. The lowest BCUT2D eigenvalue weighted by molar-refractivity contribution is -0.127. The van der Waals surface area contributed by atoms with Gasteiger partial charge in [-0.2, -0.15) is 0 Å². The lowest BCUT2D eigenvalue weighted by atomic mass is 10.1. The van der Waals surface area contributed by atoms with Crippen LogP contribution in [0.5, 0.6) is 0 Å². The molecule has 2 aromatic heterocycles. The van der Waals surface area contributed by atoms with Crippen molar-refractivity contribution in [1.29, 1.82) is 0 Å². The Morgan fingerprint density at radius 1 is 1.12 bits per heavy atom. The number of aromatic nitrogens is 2. The Bertz CT molecular complexity index is 1150. The van der Waals surface area contributed by atoms with Gasteiger partial charge >= 0.3 is 0 Å². The van der Waals surface area contributed by atoms with E-state index < -0.39 is 0 Å². The second-order valence-electron chi connectivity index (χ2n) is 8.05. The highest BCUT2D eigenvalue weighted by molar-refractivity contribution is 7.99. The predicted molar refractivity (Wildman–Crippen MR) is 133 cm³/mol. The first-order valence-corrected chi connectivity index (χ1v) is 13.2. The molecule has 1 aliphatic heterocycles. The van der Waals surface area contributed by atoms with Crippen LogP contribution in [0.15, 0.2) is 51.7 Å². The molecule has 1 N–H and O–H groups in total. The summed E-state index contributed by atoms with van der Waals surface area (Å²) in [5, 5.41) is 5.35. The maximum atomic E-state index is 13.0. The Labute approximate surface area is 201 Å². The number of thiophene rings is 1. The lowest BCUT2D eigenvalue weighted by Crippen LogP contribution is -2.30. The van der Waals surface area contributed by atoms with Crippen LogP contribution < -0.4 is 10.9 Å². The van der Waals surface area contributed by atoms with Crippen LogP contribution in [0.4, 0.5) is 0 Å². The summed E-state index contributed by atoms with van der Waals surface area (Å²) in [5.41, 5.74) is 1.75. The summed E-state index contributed by atoms with van der Waals surface area (Å²) >= 11 is 2.68. The largest absolute Gasteiger partial charge is 0.356 e. The Kier molecular flexibility index (Phi) is 8.17. The molecule has 1 saturated heterocycles. The van der Waals surface area contributed by atoms with Crippen LogP contribution in [0.25, 0.3) is 10.2 Å². The van der Waals surface area contributed by atoms with Crippen LogP contribution in [0, 0.1) is 0 Å². The minimum Gasteiger partial charge on any atom is -0.356 e. The lowest BCUT2D eigenvalue weighted by Gasteiger charge is -2.16. The number of rotatable bonds is 10. The molecule has 4 rings (SSSR count). The first-order valence-electron chi connectivity index (χ1n) is 11.3. The van der Waals surface area contributed by atoms with Crippen LogP contribution >= 0.6 is 23.1 Å². The maximum Gasteiger partial charge on any atom is 0.272 e. The highest BCUT2D eigenvalue weighted by Gasteiger charge is 2.20. The van der Waals surface area contributed by atoms with E-state index in [0.29, 0.717) is 41.3 Å². The second kappa shape index (κ2) is 11.5. The summed E-state index contributed by atoms with van der Waals surface area (Å²) in [6, 6.07) is 11.9. The molecule has 2 amide bonds. The number of hydrogen-bond acceptors (Lipinski definition) is 6. The molecule has 0 unspecified atom stereocenters. The summed E-state index contributed by atoms with van der Waals surface area (Å²) < 4.78 is 2.23. The van der Waals surface area contributed by atoms with Gasteiger partial charge in [0.15, 0.2) is 5.16 Å².